The van der Waals surface area contributed by atoms with Crippen LogP contribution in [0.2, 0.25) is 4.34 Å². The molecule has 3 rings (SSSR count). The van der Waals surface area contributed by atoms with Crippen molar-refractivity contribution in [1.29, 1.82) is 0 Å². The second-order valence-corrected chi connectivity index (χ2v) is 8.08. The second-order valence-electron chi connectivity index (χ2n) is 5.17. The molecule has 3 aromatic rings. The van der Waals surface area contributed by atoms with E-state index in [-0.39, 0.29) is 5.56 Å². The van der Waals surface area contributed by atoms with Gasteiger partial charge in [0.15, 0.2) is 0 Å². The quantitative estimate of drug-likeness (QED) is 0.699. The van der Waals surface area contributed by atoms with E-state index in [1.54, 1.807) is 33.6 Å². The highest BCUT2D eigenvalue weighted by Crippen LogP contribution is 2.23. The van der Waals surface area contributed by atoms with Gasteiger partial charge in [-0.15, -0.1) is 22.7 Å². The van der Waals surface area contributed by atoms with Crippen molar-refractivity contribution in [3.05, 3.63) is 49.0 Å². The SMILES string of the molecule is CCc1cc2c(=O)n(CN(C)Cc3ccc(Cl)s3)cnc2s1. The highest BCUT2D eigenvalue weighted by atomic mass is 35.5. The molecule has 0 saturated carbocycles. The van der Waals surface area contributed by atoms with E-state index in [1.165, 1.54) is 9.75 Å². The van der Waals surface area contributed by atoms with Crippen LogP contribution < -0.4 is 5.56 Å². The van der Waals surface area contributed by atoms with Crippen LogP contribution in [0, 0.1) is 0 Å². The Morgan fingerprint density at radius 1 is 1.32 bits per heavy atom. The van der Waals surface area contributed by atoms with Crippen LogP contribution in [0.3, 0.4) is 0 Å². The lowest BCUT2D eigenvalue weighted by Crippen LogP contribution is -2.29. The Morgan fingerprint density at radius 3 is 2.82 bits per heavy atom. The van der Waals surface area contributed by atoms with Gasteiger partial charge in [-0.3, -0.25) is 14.3 Å². The molecule has 0 spiro atoms. The summed E-state index contributed by atoms with van der Waals surface area (Å²) in [5.74, 6) is 0. The molecular weight excluding hydrogens is 338 g/mol. The maximum atomic E-state index is 12.5. The molecule has 0 aliphatic rings. The smallest absolute Gasteiger partial charge is 0.263 e. The van der Waals surface area contributed by atoms with Crippen molar-refractivity contribution in [2.45, 2.75) is 26.6 Å². The third-order valence-corrected chi connectivity index (χ3v) is 5.77. The molecule has 0 saturated heterocycles. The van der Waals surface area contributed by atoms with E-state index in [0.29, 0.717) is 6.67 Å². The first-order chi connectivity index (χ1) is 10.6. The first-order valence-electron chi connectivity index (χ1n) is 6.97. The molecule has 0 radical (unpaired) electrons. The van der Waals surface area contributed by atoms with Crippen LogP contribution in [-0.4, -0.2) is 21.5 Å². The number of halogens is 1. The topological polar surface area (TPSA) is 38.1 Å². The van der Waals surface area contributed by atoms with Crippen LogP contribution in [0.15, 0.2) is 29.3 Å². The maximum absolute atomic E-state index is 12.5. The normalized spacial score (nSPS) is 11.6. The molecule has 0 N–H and O–H groups in total. The summed E-state index contributed by atoms with van der Waals surface area (Å²) in [4.78, 5) is 22.2. The van der Waals surface area contributed by atoms with Crippen LogP contribution in [-0.2, 0) is 19.6 Å². The largest absolute Gasteiger partial charge is 0.285 e. The molecule has 0 aliphatic carbocycles. The van der Waals surface area contributed by atoms with Crippen molar-refractivity contribution in [3.8, 4) is 0 Å². The summed E-state index contributed by atoms with van der Waals surface area (Å²) in [7, 11) is 1.98. The Kier molecular flexibility index (Phi) is 4.63. The highest BCUT2D eigenvalue weighted by Gasteiger charge is 2.10. The van der Waals surface area contributed by atoms with Crippen LogP contribution >= 0.6 is 34.3 Å². The zero-order valence-electron chi connectivity index (χ0n) is 12.4. The van der Waals surface area contributed by atoms with E-state index < -0.39 is 0 Å². The van der Waals surface area contributed by atoms with Crippen molar-refractivity contribution in [2.75, 3.05) is 7.05 Å². The number of hydrogen-bond acceptors (Lipinski definition) is 5. The lowest BCUT2D eigenvalue weighted by molar-refractivity contribution is 0.258. The third-order valence-electron chi connectivity index (χ3n) is 3.37. The summed E-state index contributed by atoms with van der Waals surface area (Å²) in [5, 5.41) is 0.719. The van der Waals surface area contributed by atoms with Gasteiger partial charge in [0.05, 0.1) is 16.4 Å². The number of hydrogen-bond donors (Lipinski definition) is 0. The van der Waals surface area contributed by atoms with Crippen molar-refractivity contribution in [2.24, 2.45) is 0 Å². The minimum atomic E-state index is 0.0250. The summed E-state index contributed by atoms with van der Waals surface area (Å²) in [6.45, 7) is 3.35. The Balaban J connectivity index is 1.81. The third kappa shape index (κ3) is 3.25. The Labute approximate surface area is 141 Å². The molecule has 0 atom stereocenters. The summed E-state index contributed by atoms with van der Waals surface area (Å²) >= 11 is 9.10. The Morgan fingerprint density at radius 2 is 2.14 bits per heavy atom. The van der Waals surface area contributed by atoms with Crippen molar-refractivity contribution >= 4 is 44.5 Å². The standard InChI is InChI=1S/C15H16ClN3OS2/c1-3-10-6-12-14(22-10)17-8-19(15(12)20)9-18(2)7-11-4-5-13(16)21-11/h4-6,8H,3,7,9H2,1-2H3. The molecule has 22 heavy (non-hydrogen) atoms. The number of nitrogens with zero attached hydrogens (tertiary/aromatic N) is 3. The van der Waals surface area contributed by atoms with E-state index in [1.807, 2.05) is 25.2 Å². The molecule has 0 amide bonds. The van der Waals surface area contributed by atoms with Gasteiger partial charge in [0.1, 0.15) is 11.2 Å². The molecule has 0 fully saturated rings. The van der Waals surface area contributed by atoms with Crippen molar-refractivity contribution in [1.82, 2.24) is 14.5 Å². The minimum Gasteiger partial charge on any atom is -0.285 e. The van der Waals surface area contributed by atoms with Gasteiger partial charge < -0.3 is 0 Å². The van der Waals surface area contributed by atoms with E-state index in [0.717, 1.165) is 27.5 Å². The second kappa shape index (κ2) is 6.50. The van der Waals surface area contributed by atoms with Gasteiger partial charge in [-0.25, -0.2) is 4.98 Å². The fraction of sp³-hybridized carbons (Fsp3) is 0.333. The molecule has 0 aromatic carbocycles. The van der Waals surface area contributed by atoms with Gasteiger partial charge in [0.2, 0.25) is 0 Å². The Bertz CT molecular complexity index is 852. The zero-order valence-corrected chi connectivity index (χ0v) is 14.8. The van der Waals surface area contributed by atoms with Gasteiger partial charge in [0, 0.05) is 16.3 Å². The minimum absolute atomic E-state index is 0.0250. The molecule has 3 heterocycles. The summed E-state index contributed by atoms with van der Waals surface area (Å²) < 4.78 is 2.44. The average molecular weight is 354 g/mol. The predicted molar refractivity (Wildman–Crippen MR) is 94.1 cm³/mol. The molecule has 0 bridgehead atoms. The summed E-state index contributed by atoms with van der Waals surface area (Å²) in [6, 6.07) is 5.87. The fourth-order valence-electron chi connectivity index (χ4n) is 2.30. The average Bonchev–Trinajstić information content (AvgIpc) is 3.08. The number of aryl methyl sites for hydroxylation is 1. The van der Waals surface area contributed by atoms with Crippen LogP contribution in [0.5, 0.6) is 0 Å². The molecule has 7 heteroatoms. The van der Waals surface area contributed by atoms with E-state index in [4.69, 9.17) is 11.6 Å². The number of rotatable bonds is 5. The van der Waals surface area contributed by atoms with Crippen molar-refractivity contribution < 1.29 is 0 Å². The van der Waals surface area contributed by atoms with Gasteiger partial charge in [-0.1, -0.05) is 18.5 Å². The predicted octanol–water partition coefficient (Wildman–Crippen LogP) is 3.82. The molecule has 116 valence electrons. The monoisotopic (exact) mass is 353 g/mol. The first-order valence-corrected chi connectivity index (χ1v) is 8.98. The van der Waals surface area contributed by atoms with Gasteiger partial charge in [-0.2, -0.15) is 0 Å². The van der Waals surface area contributed by atoms with Crippen LogP contribution in [0.1, 0.15) is 16.7 Å². The van der Waals surface area contributed by atoms with Crippen LogP contribution in [0.4, 0.5) is 0 Å². The molecule has 3 aromatic heterocycles. The zero-order chi connectivity index (χ0) is 15.7. The molecular formula is C15H16ClN3OS2. The van der Waals surface area contributed by atoms with Gasteiger partial charge in [-0.05, 0) is 31.7 Å². The number of thiophene rings is 2. The lowest BCUT2D eigenvalue weighted by atomic mass is 10.3. The maximum Gasteiger partial charge on any atom is 0.263 e. The first kappa shape index (κ1) is 15.7. The van der Waals surface area contributed by atoms with E-state index >= 15 is 0 Å². The molecule has 0 unspecified atom stereocenters. The molecule has 4 nitrogen and oxygen atoms in total. The van der Waals surface area contributed by atoms with Crippen LogP contribution in [0.25, 0.3) is 10.2 Å². The van der Waals surface area contributed by atoms with Gasteiger partial charge >= 0.3 is 0 Å². The summed E-state index contributed by atoms with van der Waals surface area (Å²) in [5.41, 5.74) is 0.0250. The lowest BCUT2D eigenvalue weighted by Gasteiger charge is -2.16. The highest BCUT2D eigenvalue weighted by molar-refractivity contribution is 7.18. The van der Waals surface area contributed by atoms with E-state index in [9.17, 15) is 4.79 Å². The number of aromatic nitrogens is 2. The number of fused-ring (bicyclic) bond motifs is 1. The van der Waals surface area contributed by atoms with Gasteiger partial charge in [0.25, 0.3) is 5.56 Å². The fourth-order valence-corrected chi connectivity index (χ4v) is 4.39. The van der Waals surface area contributed by atoms with Crippen molar-refractivity contribution in [3.63, 3.8) is 0 Å². The van der Waals surface area contributed by atoms with E-state index in [2.05, 4.69) is 16.8 Å². The Hall–Kier alpha value is -1.21. The molecule has 0 aliphatic heterocycles. The summed E-state index contributed by atoms with van der Waals surface area (Å²) in [6.07, 6.45) is 2.57.